The van der Waals surface area contributed by atoms with Crippen molar-refractivity contribution in [2.45, 2.75) is 51.8 Å². The van der Waals surface area contributed by atoms with Crippen LogP contribution in [-0.2, 0) is 11.3 Å². The van der Waals surface area contributed by atoms with Gasteiger partial charge in [-0.05, 0) is 39.7 Å². The molecule has 1 aliphatic heterocycles. The molecule has 1 aliphatic rings. The minimum atomic E-state index is -0.590. The number of ether oxygens (including phenoxy) is 1. The number of benzene rings is 1. The van der Waals surface area contributed by atoms with Crippen LogP contribution in [0.3, 0.4) is 0 Å². The fraction of sp³-hybridized carbons (Fsp3) is 0.588. The summed E-state index contributed by atoms with van der Waals surface area (Å²) in [4.78, 5) is 24.1. The van der Waals surface area contributed by atoms with Crippen LogP contribution in [0.2, 0.25) is 0 Å². The number of hydrogen-bond donors (Lipinski definition) is 1. The molecule has 0 spiro atoms. The van der Waals surface area contributed by atoms with Gasteiger partial charge in [0.1, 0.15) is 11.4 Å². The summed E-state index contributed by atoms with van der Waals surface area (Å²) in [5, 5.41) is 14.2. The Bertz CT molecular complexity index is 637. The fourth-order valence-corrected chi connectivity index (χ4v) is 2.73. The van der Waals surface area contributed by atoms with Crippen LogP contribution in [0.4, 0.5) is 14.9 Å². The molecule has 1 heterocycles. The first kappa shape index (κ1) is 19.1. The number of carbonyl (C=O) groups excluding carboxylic acids is 1. The van der Waals surface area contributed by atoms with Crippen molar-refractivity contribution in [3.8, 4) is 0 Å². The number of piperidine rings is 1. The Morgan fingerprint density at radius 2 is 2.04 bits per heavy atom. The Morgan fingerprint density at radius 3 is 2.60 bits per heavy atom. The first-order valence-electron chi connectivity index (χ1n) is 8.30. The van der Waals surface area contributed by atoms with Crippen LogP contribution >= 0.6 is 0 Å². The maximum atomic E-state index is 13.9. The predicted octanol–water partition coefficient (Wildman–Crippen LogP) is 3.22. The normalized spacial score (nSPS) is 15.9. The van der Waals surface area contributed by atoms with Crippen molar-refractivity contribution in [1.82, 2.24) is 10.2 Å². The van der Waals surface area contributed by atoms with Gasteiger partial charge in [0, 0.05) is 31.7 Å². The highest BCUT2D eigenvalue weighted by molar-refractivity contribution is 5.68. The number of amides is 1. The number of likely N-dealkylation sites (tertiary alicyclic amines) is 1. The van der Waals surface area contributed by atoms with Crippen molar-refractivity contribution < 1.29 is 18.8 Å². The maximum absolute atomic E-state index is 13.9. The highest BCUT2D eigenvalue weighted by atomic mass is 19.1. The van der Waals surface area contributed by atoms with Gasteiger partial charge in [-0.2, -0.15) is 0 Å². The van der Waals surface area contributed by atoms with E-state index in [4.69, 9.17) is 4.74 Å². The van der Waals surface area contributed by atoms with Gasteiger partial charge in [-0.25, -0.2) is 9.18 Å². The molecule has 0 aliphatic carbocycles. The standard InChI is InChI=1S/C17H24FN3O4/c1-17(2,3)25-16(22)20-9-7-12(8-10-20)19-11-13-14(18)5-4-6-15(13)21(23)24/h4-6,12,19H,7-11H2,1-3H3. The quantitative estimate of drug-likeness (QED) is 0.663. The van der Waals surface area contributed by atoms with Crippen molar-refractivity contribution in [1.29, 1.82) is 0 Å². The van der Waals surface area contributed by atoms with E-state index in [1.807, 2.05) is 20.8 Å². The average Bonchev–Trinajstić information content (AvgIpc) is 2.52. The zero-order valence-corrected chi connectivity index (χ0v) is 14.8. The molecule has 8 heteroatoms. The lowest BCUT2D eigenvalue weighted by Gasteiger charge is -2.33. The molecule has 1 N–H and O–H groups in total. The SMILES string of the molecule is CC(C)(C)OC(=O)N1CCC(NCc2c(F)cccc2[N+](=O)[O-])CC1. The van der Waals surface area contributed by atoms with E-state index in [2.05, 4.69) is 5.32 Å². The lowest BCUT2D eigenvalue weighted by molar-refractivity contribution is -0.385. The first-order chi connectivity index (χ1) is 11.7. The number of hydrogen-bond acceptors (Lipinski definition) is 5. The van der Waals surface area contributed by atoms with E-state index in [-0.39, 0.29) is 29.9 Å². The monoisotopic (exact) mass is 353 g/mol. The Balaban J connectivity index is 1.87. The van der Waals surface area contributed by atoms with Gasteiger partial charge in [-0.3, -0.25) is 10.1 Å². The van der Waals surface area contributed by atoms with E-state index < -0.39 is 16.3 Å². The summed E-state index contributed by atoms with van der Waals surface area (Å²) in [5.74, 6) is -0.590. The summed E-state index contributed by atoms with van der Waals surface area (Å²) >= 11 is 0. The molecule has 0 atom stereocenters. The molecule has 7 nitrogen and oxygen atoms in total. The molecular formula is C17H24FN3O4. The van der Waals surface area contributed by atoms with Crippen LogP contribution in [0.25, 0.3) is 0 Å². The van der Waals surface area contributed by atoms with Crippen molar-refractivity contribution >= 4 is 11.8 Å². The van der Waals surface area contributed by atoms with Crippen molar-refractivity contribution in [2.24, 2.45) is 0 Å². The van der Waals surface area contributed by atoms with Crippen LogP contribution in [0.15, 0.2) is 18.2 Å². The van der Waals surface area contributed by atoms with E-state index in [0.29, 0.717) is 25.9 Å². The van der Waals surface area contributed by atoms with Crippen LogP contribution in [0, 0.1) is 15.9 Å². The van der Waals surface area contributed by atoms with Crippen LogP contribution in [0.1, 0.15) is 39.2 Å². The van der Waals surface area contributed by atoms with Gasteiger partial charge in [0.2, 0.25) is 0 Å². The molecule has 0 unspecified atom stereocenters. The van der Waals surface area contributed by atoms with Gasteiger partial charge in [-0.15, -0.1) is 0 Å². The molecule has 0 bridgehead atoms. The van der Waals surface area contributed by atoms with E-state index in [0.717, 1.165) is 0 Å². The van der Waals surface area contributed by atoms with Crippen molar-refractivity contribution in [3.63, 3.8) is 0 Å². The van der Waals surface area contributed by atoms with Crippen molar-refractivity contribution in [3.05, 3.63) is 39.7 Å². The summed E-state index contributed by atoms with van der Waals surface area (Å²) in [6, 6.07) is 3.91. The highest BCUT2D eigenvalue weighted by Crippen LogP contribution is 2.22. The van der Waals surface area contributed by atoms with Gasteiger partial charge in [0.15, 0.2) is 0 Å². The third-order valence-electron chi connectivity index (χ3n) is 4.00. The Labute approximate surface area is 146 Å². The fourth-order valence-electron chi connectivity index (χ4n) is 2.73. The minimum absolute atomic E-state index is 0.0575. The lowest BCUT2D eigenvalue weighted by atomic mass is 10.0. The molecule has 0 radical (unpaired) electrons. The molecule has 0 aromatic heterocycles. The highest BCUT2D eigenvalue weighted by Gasteiger charge is 2.27. The number of carbonyl (C=O) groups is 1. The summed E-state index contributed by atoms with van der Waals surface area (Å²) in [7, 11) is 0. The largest absolute Gasteiger partial charge is 0.444 e. The summed E-state index contributed by atoms with van der Waals surface area (Å²) < 4.78 is 19.2. The lowest BCUT2D eigenvalue weighted by Crippen LogP contribution is -2.46. The third kappa shape index (κ3) is 5.38. The Kier molecular flexibility index (Phi) is 5.94. The summed E-state index contributed by atoms with van der Waals surface area (Å²) in [6.07, 6.45) is 1.03. The number of nitrogens with zero attached hydrogens (tertiary/aromatic N) is 2. The topological polar surface area (TPSA) is 84.7 Å². The first-order valence-corrected chi connectivity index (χ1v) is 8.30. The average molecular weight is 353 g/mol. The zero-order valence-electron chi connectivity index (χ0n) is 14.8. The second-order valence-corrected chi connectivity index (χ2v) is 7.12. The van der Waals surface area contributed by atoms with Gasteiger partial charge >= 0.3 is 6.09 Å². The molecule has 1 aromatic carbocycles. The Hall–Kier alpha value is -2.22. The number of nitro benzene ring substituents is 1. The molecule has 1 aromatic rings. The smallest absolute Gasteiger partial charge is 0.410 e. The number of rotatable bonds is 4. The predicted molar refractivity (Wildman–Crippen MR) is 90.7 cm³/mol. The van der Waals surface area contributed by atoms with Crippen LogP contribution in [-0.4, -0.2) is 40.6 Å². The molecule has 2 rings (SSSR count). The zero-order chi connectivity index (χ0) is 18.6. The molecule has 25 heavy (non-hydrogen) atoms. The molecule has 0 saturated carbocycles. The second kappa shape index (κ2) is 7.77. The van der Waals surface area contributed by atoms with Gasteiger partial charge < -0.3 is 15.0 Å². The maximum Gasteiger partial charge on any atom is 0.410 e. The van der Waals surface area contributed by atoms with E-state index in [1.165, 1.54) is 18.2 Å². The van der Waals surface area contributed by atoms with E-state index in [1.54, 1.807) is 4.90 Å². The summed E-state index contributed by atoms with van der Waals surface area (Å²) in [6.45, 7) is 6.61. The molecular weight excluding hydrogens is 329 g/mol. The molecule has 1 saturated heterocycles. The van der Waals surface area contributed by atoms with Crippen molar-refractivity contribution in [2.75, 3.05) is 13.1 Å². The van der Waals surface area contributed by atoms with E-state index >= 15 is 0 Å². The van der Waals surface area contributed by atoms with Gasteiger partial charge in [0.05, 0.1) is 10.5 Å². The number of nitro groups is 1. The van der Waals surface area contributed by atoms with Gasteiger partial charge in [-0.1, -0.05) is 6.07 Å². The second-order valence-electron chi connectivity index (χ2n) is 7.12. The third-order valence-corrected chi connectivity index (χ3v) is 4.00. The van der Waals surface area contributed by atoms with E-state index in [9.17, 15) is 19.3 Å². The van der Waals surface area contributed by atoms with Gasteiger partial charge in [0.25, 0.3) is 5.69 Å². The Morgan fingerprint density at radius 1 is 1.40 bits per heavy atom. The minimum Gasteiger partial charge on any atom is -0.444 e. The van der Waals surface area contributed by atoms with Crippen LogP contribution < -0.4 is 5.32 Å². The molecule has 1 amide bonds. The molecule has 138 valence electrons. The van der Waals surface area contributed by atoms with Crippen LogP contribution in [0.5, 0.6) is 0 Å². The number of halogens is 1. The number of nitrogens with one attached hydrogen (secondary N) is 1. The molecule has 1 fully saturated rings. The summed E-state index contributed by atoms with van der Waals surface area (Å²) in [5.41, 5.74) is -0.698.